The Morgan fingerprint density at radius 3 is 2.59 bits per heavy atom. The van der Waals surface area contributed by atoms with Crippen LogP contribution in [0.2, 0.25) is 0 Å². The van der Waals surface area contributed by atoms with Crippen LogP contribution in [0.4, 0.5) is 5.69 Å². The summed E-state index contributed by atoms with van der Waals surface area (Å²) < 4.78 is 1.33. The third-order valence-electron chi connectivity index (χ3n) is 4.17. The number of nitrogens with two attached hydrogens (primary N) is 1. The Kier molecular flexibility index (Phi) is 6.87. The number of aromatic nitrogens is 2. The van der Waals surface area contributed by atoms with E-state index in [1.54, 1.807) is 0 Å². The van der Waals surface area contributed by atoms with E-state index in [0.717, 1.165) is 24.8 Å². The molecular weight excluding hydrogens is 344 g/mol. The second-order valence-electron chi connectivity index (χ2n) is 6.64. The predicted octanol–water partition coefficient (Wildman–Crippen LogP) is 2.40. The molecular formula is C20H26N4O3. The molecule has 1 heterocycles. The summed E-state index contributed by atoms with van der Waals surface area (Å²) in [5.74, 6) is -0.260. The van der Waals surface area contributed by atoms with Crippen LogP contribution in [0.5, 0.6) is 0 Å². The summed E-state index contributed by atoms with van der Waals surface area (Å²) in [5, 5.41) is 2.79. The lowest BCUT2D eigenvalue weighted by molar-refractivity contribution is -0.118. The third kappa shape index (κ3) is 5.51. The van der Waals surface area contributed by atoms with Gasteiger partial charge in [0.05, 0.1) is 11.4 Å². The van der Waals surface area contributed by atoms with Crippen LogP contribution in [0.15, 0.2) is 29.1 Å². The number of primary amides is 1. The van der Waals surface area contributed by atoms with E-state index < -0.39 is 5.91 Å². The Balaban J connectivity index is 2.56. The van der Waals surface area contributed by atoms with Crippen LogP contribution in [0.25, 0.3) is 11.3 Å². The molecule has 0 fully saturated rings. The van der Waals surface area contributed by atoms with Crippen molar-refractivity contribution < 1.29 is 9.59 Å². The molecule has 27 heavy (non-hydrogen) atoms. The van der Waals surface area contributed by atoms with Crippen LogP contribution in [-0.4, -0.2) is 21.4 Å². The second-order valence-corrected chi connectivity index (χ2v) is 6.64. The van der Waals surface area contributed by atoms with Gasteiger partial charge < -0.3 is 11.1 Å². The molecule has 0 unspecified atom stereocenters. The van der Waals surface area contributed by atoms with Gasteiger partial charge in [-0.3, -0.25) is 19.0 Å². The first-order valence-electron chi connectivity index (χ1n) is 9.09. The molecule has 1 aromatic heterocycles. The van der Waals surface area contributed by atoms with Gasteiger partial charge in [-0.25, -0.2) is 4.98 Å². The quantitative estimate of drug-likeness (QED) is 0.696. The zero-order valence-electron chi connectivity index (χ0n) is 16.0. The number of nitrogens with one attached hydrogen (secondary N) is 1. The number of hydrogen-bond acceptors (Lipinski definition) is 4. The SMILES string of the molecule is CCCCCc1nc(-c2ccc(C)cc2NC(C)=O)cc(=O)n1CC(N)=O. The van der Waals surface area contributed by atoms with E-state index in [4.69, 9.17) is 5.73 Å². The Morgan fingerprint density at radius 1 is 1.22 bits per heavy atom. The van der Waals surface area contributed by atoms with Crippen LogP contribution < -0.4 is 16.6 Å². The van der Waals surface area contributed by atoms with E-state index in [9.17, 15) is 14.4 Å². The minimum atomic E-state index is -0.585. The molecule has 0 saturated carbocycles. The van der Waals surface area contributed by atoms with E-state index in [0.29, 0.717) is 29.2 Å². The average molecular weight is 370 g/mol. The Labute approximate surface area is 158 Å². The summed E-state index contributed by atoms with van der Waals surface area (Å²) >= 11 is 0. The zero-order valence-corrected chi connectivity index (χ0v) is 16.0. The molecule has 0 bridgehead atoms. The van der Waals surface area contributed by atoms with E-state index in [1.807, 2.05) is 25.1 Å². The molecule has 0 aliphatic carbocycles. The van der Waals surface area contributed by atoms with Gasteiger partial charge in [-0.15, -0.1) is 0 Å². The average Bonchev–Trinajstić information content (AvgIpc) is 2.57. The normalized spacial score (nSPS) is 10.6. The maximum atomic E-state index is 12.6. The highest BCUT2D eigenvalue weighted by atomic mass is 16.2. The summed E-state index contributed by atoms with van der Waals surface area (Å²) in [4.78, 5) is 40.2. The fraction of sp³-hybridized carbons (Fsp3) is 0.400. The fourth-order valence-corrected chi connectivity index (χ4v) is 2.92. The number of unbranched alkanes of at least 4 members (excludes halogenated alkanes) is 2. The number of hydrogen-bond donors (Lipinski definition) is 2. The highest BCUT2D eigenvalue weighted by Crippen LogP contribution is 2.27. The number of anilines is 1. The number of benzene rings is 1. The summed E-state index contributed by atoms with van der Waals surface area (Å²) in [5.41, 5.74) is 7.66. The molecule has 0 saturated heterocycles. The first-order valence-corrected chi connectivity index (χ1v) is 9.09. The molecule has 1 aromatic carbocycles. The van der Waals surface area contributed by atoms with Crippen molar-refractivity contribution in [1.82, 2.24) is 9.55 Å². The van der Waals surface area contributed by atoms with E-state index >= 15 is 0 Å². The molecule has 2 aromatic rings. The van der Waals surface area contributed by atoms with E-state index in [-0.39, 0.29) is 18.0 Å². The second kappa shape index (κ2) is 9.12. The molecule has 7 nitrogen and oxygen atoms in total. The maximum absolute atomic E-state index is 12.6. The first kappa shape index (κ1) is 20.4. The fourth-order valence-electron chi connectivity index (χ4n) is 2.92. The third-order valence-corrected chi connectivity index (χ3v) is 4.17. The minimum absolute atomic E-state index is 0.194. The lowest BCUT2D eigenvalue weighted by atomic mass is 10.1. The molecule has 0 atom stereocenters. The zero-order chi connectivity index (χ0) is 20.0. The van der Waals surface area contributed by atoms with Gasteiger partial charge in [0.15, 0.2) is 0 Å². The van der Waals surface area contributed by atoms with E-state index in [1.165, 1.54) is 17.6 Å². The standard InChI is InChI=1S/C20H26N4O3/c1-4-5-6-7-19-23-17(11-20(27)24(19)12-18(21)26)15-9-8-13(2)10-16(15)22-14(3)25/h8-11H,4-7,12H2,1-3H3,(H2,21,26)(H,22,25). The lowest BCUT2D eigenvalue weighted by Crippen LogP contribution is -2.31. The molecule has 3 N–H and O–H groups in total. The number of aryl methyl sites for hydroxylation is 2. The topological polar surface area (TPSA) is 107 Å². The van der Waals surface area contributed by atoms with Crippen molar-refractivity contribution in [2.24, 2.45) is 5.73 Å². The number of amides is 2. The van der Waals surface area contributed by atoms with Gasteiger partial charge >= 0.3 is 0 Å². The molecule has 0 spiro atoms. The number of carbonyl (C=O) groups excluding carboxylic acids is 2. The van der Waals surface area contributed by atoms with Crippen molar-refractivity contribution in [3.05, 3.63) is 46.0 Å². The Bertz CT molecular complexity index is 903. The van der Waals surface area contributed by atoms with Crippen molar-refractivity contribution in [2.75, 3.05) is 5.32 Å². The van der Waals surface area contributed by atoms with Gasteiger partial charge in [-0.05, 0) is 25.0 Å². The van der Waals surface area contributed by atoms with Crippen molar-refractivity contribution >= 4 is 17.5 Å². The Morgan fingerprint density at radius 2 is 1.96 bits per heavy atom. The number of nitrogens with zero attached hydrogens (tertiary/aromatic N) is 2. The van der Waals surface area contributed by atoms with Crippen LogP contribution >= 0.6 is 0 Å². The lowest BCUT2D eigenvalue weighted by Gasteiger charge is -2.15. The number of carbonyl (C=O) groups is 2. The van der Waals surface area contributed by atoms with E-state index in [2.05, 4.69) is 17.2 Å². The van der Waals surface area contributed by atoms with Gasteiger partial charge in [0.1, 0.15) is 12.4 Å². The molecule has 2 amide bonds. The van der Waals surface area contributed by atoms with Crippen LogP contribution in [0, 0.1) is 6.92 Å². The van der Waals surface area contributed by atoms with Crippen molar-refractivity contribution in [3.8, 4) is 11.3 Å². The molecule has 0 radical (unpaired) electrons. The van der Waals surface area contributed by atoms with Crippen molar-refractivity contribution in [3.63, 3.8) is 0 Å². The summed E-state index contributed by atoms with van der Waals surface area (Å²) in [6, 6.07) is 6.94. The van der Waals surface area contributed by atoms with Gasteiger partial charge in [-0.1, -0.05) is 31.9 Å². The molecule has 0 aliphatic heterocycles. The molecule has 0 aliphatic rings. The van der Waals surface area contributed by atoms with Crippen molar-refractivity contribution in [2.45, 2.75) is 53.0 Å². The predicted molar refractivity (Wildman–Crippen MR) is 105 cm³/mol. The first-order chi connectivity index (χ1) is 12.8. The summed E-state index contributed by atoms with van der Waals surface area (Å²) in [7, 11) is 0. The molecule has 144 valence electrons. The highest BCUT2D eigenvalue weighted by Gasteiger charge is 2.15. The smallest absolute Gasteiger partial charge is 0.254 e. The largest absolute Gasteiger partial charge is 0.368 e. The van der Waals surface area contributed by atoms with Gasteiger partial charge in [0, 0.05) is 25.0 Å². The van der Waals surface area contributed by atoms with Crippen molar-refractivity contribution in [1.29, 1.82) is 0 Å². The summed E-state index contributed by atoms with van der Waals surface area (Å²) in [6.07, 6.45) is 3.46. The highest BCUT2D eigenvalue weighted by molar-refractivity contribution is 5.93. The van der Waals surface area contributed by atoms with Crippen LogP contribution in [0.3, 0.4) is 0 Å². The molecule has 7 heteroatoms. The van der Waals surface area contributed by atoms with Gasteiger partial charge in [-0.2, -0.15) is 0 Å². The minimum Gasteiger partial charge on any atom is -0.368 e. The summed E-state index contributed by atoms with van der Waals surface area (Å²) in [6.45, 7) is 5.25. The monoisotopic (exact) mass is 370 g/mol. The van der Waals surface area contributed by atoms with Crippen LogP contribution in [0.1, 0.15) is 44.5 Å². The van der Waals surface area contributed by atoms with Gasteiger partial charge in [0.25, 0.3) is 5.56 Å². The van der Waals surface area contributed by atoms with Gasteiger partial charge in [0.2, 0.25) is 11.8 Å². The maximum Gasteiger partial charge on any atom is 0.254 e. The Hall–Kier alpha value is -2.96. The molecule has 2 rings (SSSR count). The van der Waals surface area contributed by atoms with Crippen LogP contribution in [-0.2, 0) is 22.6 Å². The number of rotatable bonds is 8.